The number of nitrogens with zero attached hydrogens (tertiary/aromatic N) is 2. The molecule has 7 heteroatoms. The van der Waals surface area contributed by atoms with E-state index in [2.05, 4.69) is 0 Å². The van der Waals surface area contributed by atoms with Gasteiger partial charge in [0.25, 0.3) is 5.91 Å². The van der Waals surface area contributed by atoms with E-state index < -0.39 is 21.9 Å². The number of carbonyl (C=O) groups excluding carboxylic acids is 1. The van der Waals surface area contributed by atoms with Gasteiger partial charge in [-0.05, 0) is 48.7 Å². The summed E-state index contributed by atoms with van der Waals surface area (Å²) in [6.45, 7) is 2.29. The molecule has 1 amide bonds. The quantitative estimate of drug-likeness (QED) is 0.806. The Morgan fingerprint density at radius 1 is 1.19 bits per heavy atom. The summed E-state index contributed by atoms with van der Waals surface area (Å²) in [6.07, 6.45) is 2.11. The maximum absolute atomic E-state index is 13.3. The molecule has 1 aliphatic heterocycles. The summed E-state index contributed by atoms with van der Waals surface area (Å²) in [4.78, 5) is 14.9. The average Bonchev–Trinajstić information content (AvgIpc) is 3.03. The first-order valence-corrected chi connectivity index (χ1v) is 10.3. The van der Waals surface area contributed by atoms with Gasteiger partial charge in [0, 0.05) is 12.2 Å². The van der Waals surface area contributed by atoms with Gasteiger partial charge in [-0.15, -0.1) is 0 Å². The van der Waals surface area contributed by atoms with Gasteiger partial charge in [-0.1, -0.05) is 25.1 Å². The first-order chi connectivity index (χ1) is 12.3. The van der Waals surface area contributed by atoms with Crippen LogP contribution in [0.1, 0.15) is 18.9 Å². The fraction of sp³-hybridized carbons (Fsp3) is 0.316. The molecule has 0 radical (unpaired) electrons. The summed E-state index contributed by atoms with van der Waals surface area (Å²) in [6, 6.07) is 11.9. The first kappa shape index (κ1) is 18.4. The summed E-state index contributed by atoms with van der Waals surface area (Å²) in [7, 11) is -3.73. The van der Waals surface area contributed by atoms with Gasteiger partial charge in [0.05, 0.1) is 11.9 Å². The van der Waals surface area contributed by atoms with Crippen LogP contribution in [0.3, 0.4) is 0 Å². The van der Waals surface area contributed by atoms with E-state index in [9.17, 15) is 17.6 Å². The van der Waals surface area contributed by atoms with E-state index >= 15 is 0 Å². The number of benzene rings is 2. The van der Waals surface area contributed by atoms with Crippen molar-refractivity contribution in [3.8, 4) is 0 Å². The highest BCUT2D eigenvalue weighted by atomic mass is 32.2. The topological polar surface area (TPSA) is 57.7 Å². The van der Waals surface area contributed by atoms with Gasteiger partial charge in [0.15, 0.2) is 0 Å². The van der Waals surface area contributed by atoms with Gasteiger partial charge in [-0.3, -0.25) is 9.10 Å². The number of rotatable bonds is 5. The number of halogens is 1. The highest BCUT2D eigenvalue weighted by Gasteiger charge is 2.36. The molecule has 1 unspecified atom stereocenters. The number of para-hydroxylation sites is 1. The lowest BCUT2D eigenvalue weighted by Gasteiger charge is -2.33. The molecule has 0 aliphatic carbocycles. The number of sulfonamides is 1. The van der Waals surface area contributed by atoms with Crippen molar-refractivity contribution in [3.05, 3.63) is 59.9 Å². The zero-order valence-corrected chi connectivity index (χ0v) is 15.5. The molecule has 2 aromatic rings. The number of hydrogen-bond acceptors (Lipinski definition) is 3. The second kappa shape index (κ2) is 7.07. The van der Waals surface area contributed by atoms with E-state index in [4.69, 9.17) is 0 Å². The molecular formula is C19H21FN2O3S. The van der Waals surface area contributed by atoms with Gasteiger partial charge in [0.2, 0.25) is 10.0 Å². The minimum absolute atomic E-state index is 0.271. The van der Waals surface area contributed by atoms with Gasteiger partial charge in [0.1, 0.15) is 11.9 Å². The van der Waals surface area contributed by atoms with Crippen molar-refractivity contribution in [2.45, 2.75) is 25.8 Å². The third-order valence-electron chi connectivity index (χ3n) is 4.55. The molecule has 0 spiro atoms. The molecule has 0 saturated carbocycles. The highest BCUT2D eigenvalue weighted by Crippen LogP contribution is 2.31. The predicted octanol–water partition coefficient (Wildman–Crippen LogP) is 2.96. The van der Waals surface area contributed by atoms with Crippen LogP contribution in [-0.2, 0) is 21.2 Å². The average molecular weight is 376 g/mol. The Morgan fingerprint density at radius 3 is 2.46 bits per heavy atom. The van der Waals surface area contributed by atoms with E-state index in [1.807, 2.05) is 24.3 Å². The lowest BCUT2D eigenvalue weighted by molar-refractivity contribution is -0.119. The van der Waals surface area contributed by atoms with Crippen LogP contribution in [0.15, 0.2) is 48.5 Å². The molecule has 0 aromatic heterocycles. The van der Waals surface area contributed by atoms with Crippen LogP contribution < -0.4 is 9.21 Å². The van der Waals surface area contributed by atoms with Crippen molar-refractivity contribution in [2.75, 3.05) is 22.0 Å². The van der Waals surface area contributed by atoms with Crippen LogP contribution in [0, 0.1) is 5.82 Å². The molecular weight excluding hydrogens is 355 g/mol. The van der Waals surface area contributed by atoms with E-state index in [0.29, 0.717) is 13.0 Å². The number of amides is 1. The summed E-state index contributed by atoms with van der Waals surface area (Å²) < 4.78 is 39.2. The molecule has 0 fully saturated rings. The molecule has 138 valence electrons. The monoisotopic (exact) mass is 376 g/mol. The van der Waals surface area contributed by atoms with Gasteiger partial charge in [-0.25, -0.2) is 12.8 Å². The summed E-state index contributed by atoms with van der Waals surface area (Å²) in [5.74, 6) is -0.734. The van der Waals surface area contributed by atoms with Crippen LogP contribution in [-0.4, -0.2) is 33.2 Å². The molecule has 26 heavy (non-hydrogen) atoms. The van der Waals surface area contributed by atoms with Crippen molar-refractivity contribution >= 4 is 27.3 Å². The second-order valence-electron chi connectivity index (χ2n) is 6.33. The Kier molecular flexibility index (Phi) is 5.00. The van der Waals surface area contributed by atoms with Crippen LogP contribution in [0.5, 0.6) is 0 Å². The predicted molar refractivity (Wildman–Crippen MR) is 100 cm³/mol. The fourth-order valence-electron chi connectivity index (χ4n) is 3.38. The maximum atomic E-state index is 13.3. The Labute approximate surface area is 153 Å². The minimum Gasteiger partial charge on any atom is -0.310 e. The zero-order chi connectivity index (χ0) is 18.9. The van der Waals surface area contributed by atoms with Crippen LogP contribution in [0.2, 0.25) is 0 Å². The van der Waals surface area contributed by atoms with E-state index in [-0.39, 0.29) is 11.6 Å². The SMILES string of the molecule is CCC(C(=O)N1CCc2ccccc21)N(c1ccc(F)cc1)S(C)(=O)=O. The van der Waals surface area contributed by atoms with Crippen LogP contribution in [0.25, 0.3) is 0 Å². The van der Waals surface area contributed by atoms with Gasteiger partial charge in [-0.2, -0.15) is 0 Å². The Morgan fingerprint density at radius 2 is 1.85 bits per heavy atom. The number of hydrogen-bond donors (Lipinski definition) is 0. The first-order valence-electron chi connectivity index (χ1n) is 8.47. The molecule has 0 saturated heterocycles. The van der Waals surface area contributed by atoms with Crippen molar-refractivity contribution in [2.24, 2.45) is 0 Å². The summed E-state index contributed by atoms with van der Waals surface area (Å²) >= 11 is 0. The summed E-state index contributed by atoms with van der Waals surface area (Å²) in [5.41, 5.74) is 2.17. The third-order valence-corrected chi connectivity index (χ3v) is 5.73. The molecule has 1 atom stereocenters. The fourth-order valence-corrected chi connectivity index (χ4v) is 4.58. The van der Waals surface area contributed by atoms with Crippen molar-refractivity contribution < 1.29 is 17.6 Å². The largest absolute Gasteiger partial charge is 0.310 e. The lowest BCUT2D eigenvalue weighted by atomic mass is 10.1. The number of anilines is 2. The molecule has 2 aromatic carbocycles. The maximum Gasteiger partial charge on any atom is 0.250 e. The van der Waals surface area contributed by atoms with Gasteiger partial charge < -0.3 is 4.90 Å². The van der Waals surface area contributed by atoms with Crippen molar-refractivity contribution in [1.82, 2.24) is 0 Å². The van der Waals surface area contributed by atoms with Crippen molar-refractivity contribution in [3.63, 3.8) is 0 Å². The van der Waals surface area contributed by atoms with Crippen molar-refractivity contribution in [1.29, 1.82) is 0 Å². The molecule has 0 N–H and O–H groups in total. The standard InChI is InChI=1S/C19H21FN2O3S/c1-3-17(19(23)21-13-12-14-6-4-5-7-18(14)21)22(26(2,24)25)16-10-8-15(20)9-11-16/h4-11,17H,3,12-13H2,1-2H3. The second-order valence-corrected chi connectivity index (χ2v) is 8.19. The summed E-state index contributed by atoms with van der Waals surface area (Å²) in [5, 5.41) is 0. The third kappa shape index (κ3) is 3.44. The number of fused-ring (bicyclic) bond motifs is 1. The number of carbonyl (C=O) groups is 1. The van der Waals surface area contributed by atoms with E-state index in [1.165, 1.54) is 24.3 Å². The molecule has 0 bridgehead atoms. The molecule has 3 rings (SSSR count). The smallest absolute Gasteiger partial charge is 0.250 e. The Balaban J connectivity index is 1.99. The Hall–Kier alpha value is -2.41. The normalized spacial score (nSPS) is 14.8. The zero-order valence-electron chi connectivity index (χ0n) is 14.7. The highest BCUT2D eigenvalue weighted by molar-refractivity contribution is 7.92. The molecule has 1 aliphatic rings. The molecule has 5 nitrogen and oxygen atoms in total. The van der Waals surface area contributed by atoms with Crippen LogP contribution in [0.4, 0.5) is 15.8 Å². The van der Waals surface area contributed by atoms with E-state index in [1.54, 1.807) is 11.8 Å². The van der Waals surface area contributed by atoms with E-state index in [0.717, 1.165) is 28.2 Å². The lowest BCUT2D eigenvalue weighted by Crippen LogP contribution is -2.50. The minimum atomic E-state index is -3.73. The molecule has 1 heterocycles. The van der Waals surface area contributed by atoms with Gasteiger partial charge >= 0.3 is 0 Å². The van der Waals surface area contributed by atoms with Crippen LogP contribution >= 0.6 is 0 Å². The Bertz CT molecular complexity index is 913.